The van der Waals surface area contributed by atoms with Crippen LogP contribution in [0.3, 0.4) is 0 Å². The highest BCUT2D eigenvalue weighted by molar-refractivity contribution is 7.99. The Hall–Kier alpha value is 0.0200. The molecule has 2 atom stereocenters. The average molecular weight is 214 g/mol. The Labute approximate surface area is 92.0 Å². The lowest BCUT2D eigenvalue weighted by Crippen LogP contribution is -2.24. The molecule has 0 radical (unpaired) electrons. The normalized spacial score (nSPS) is 25.0. The summed E-state index contributed by atoms with van der Waals surface area (Å²) in [5, 5.41) is 0. The molecule has 0 saturated carbocycles. The maximum Gasteiger partial charge on any atom is 0.137 e. The van der Waals surface area contributed by atoms with Gasteiger partial charge in [-0.3, -0.25) is 4.79 Å². The average Bonchev–Trinajstić information content (AvgIpc) is 2.53. The number of rotatable bonds is 3. The molecular weight excluding hydrogens is 192 g/mol. The fourth-order valence-corrected chi connectivity index (χ4v) is 2.82. The van der Waals surface area contributed by atoms with Gasteiger partial charge >= 0.3 is 0 Å². The Morgan fingerprint density at radius 3 is 2.57 bits per heavy atom. The molecule has 2 heteroatoms. The first-order valence-corrected chi connectivity index (χ1v) is 6.67. The molecule has 1 rings (SSSR count). The Bertz CT molecular complexity index is 199. The maximum atomic E-state index is 11.9. The molecule has 0 spiro atoms. The van der Waals surface area contributed by atoms with Gasteiger partial charge in [-0.15, -0.1) is 0 Å². The van der Waals surface area contributed by atoms with Crippen LogP contribution in [0.1, 0.15) is 40.5 Å². The third kappa shape index (κ3) is 3.30. The predicted octanol–water partition coefficient (Wildman–Crippen LogP) is 3.38. The van der Waals surface area contributed by atoms with Crippen LogP contribution in [0.25, 0.3) is 0 Å². The molecule has 0 aromatic carbocycles. The number of thioether (sulfide) groups is 1. The lowest BCUT2D eigenvalue weighted by molar-refractivity contribution is -0.123. The minimum Gasteiger partial charge on any atom is -0.299 e. The number of carbonyl (C=O) groups is 1. The van der Waals surface area contributed by atoms with Gasteiger partial charge in [-0.1, -0.05) is 27.7 Å². The minimum absolute atomic E-state index is 0.265. The molecular formula is C12H22OS. The second kappa shape index (κ2) is 4.69. The van der Waals surface area contributed by atoms with Crippen molar-refractivity contribution < 1.29 is 4.79 Å². The van der Waals surface area contributed by atoms with E-state index in [1.807, 2.05) is 11.8 Å². The van der Waals surface area contributed by atoms with E-state index in [0.717, 1.165) is 18.6 Å². The van der Waals surface area contributed by atoms with E-state index in [1.165, 1.54) is 5.75 Å². The summed E-state index contributed by atoms with van der Waals surface area (Å²) in [4.78, 5) is 11.9. The van der Waals surface area contributed by atoms with Crippen molar-refractivity contribution in [2.45, 2.75) is 40.5 Å². The second-order valence-corrected chi connectivity index (χ2v) is 6.65. The van der Waals surface area contributed by atoms with Crippen molar-refractivity contribution in [3.63, 3.8) is 0 Å². The summed E-state index contributed by atoms with van der Waals surface area (Å²) in [5.41, 5.74) is 0.265. The summed E-state index contributed by atoms with van der Waals surface area (Å²) in [6.07, 6.45) is 1.88. The van der Waals surface area contributed by atoms with Crippen molar-refractivity contribution >= 4 is 17.5 Å². The Kier molecular flexibility index (Phi) is 4.05. The van der Waals surface area contributed by atoms with Crippen LogP contribution in [0.2, 0.25) is 0 Å². The van der Waals surface area contributed by atoms with E-state index < -0.39 is 0 Å². The molecule has 0 N–H and O–H groups in total. The van der Waals surface area contributed by atoms with Crippen LogP contribution in [0.5, 0.6) is 0 Å². The van der Waals surface area contributed by atoms with Crippen LogP contribution in [-0.2, 0) is 4.79 Å². The molecule has 1 aliphatic rings. The van der Waals surface area contributed by atoms with Crippen LogP contribution >= 0.6 is 11.8 Å². The van der Waals surface area contributed by atoms with E-state index in [9.17, 15) is 4.79 Å². The Morgan fingerprint density at radius 1 is 1.50 bits per heavy atom. The molecule has 0 bridgehead atoms. The van der Waals surface area contributed by atoms with Crippen molar-refractivity contribution in [1.82, 2.24) is 0 Å². The van der Waals surface area contributed by atoms with E-state index >= 15 is 0 Å². The summed E-state index contributed by atoms with van der Waals surface area (Å²) < 4.78 is 0. The lowest BCUT2D eigenvalue weighted by Gasteiger charge is -2.27. The molecule has 82 valence electrons. The van der Waals surface area contributed by atoms with Gasteiger partial charge in [0.05, 0.1) is 0 Å². The van der Waals surface area contributed by atoms with Gasteiger partial charge in [0.2, 0.25) is 0 Å². The molecule has 1 fully saturated rings. The maximum absolute atomic E-state index is 11.9. The molecule has 0 aromatic rings. The van der Waals surface area contributed by atoms with Gasteiger partial charge in [-0.2, -0.15) is 11.8 Å². The lowest BCUT2D eigenvalue weighted by atomic mass is 9.78. The fraction of sp³-hybridized carbons (Fsp3) is 0.917. The number of hydrogen-bond acceptors (Lipinski definition) is 2. The zero-order chi connectivity index (χ0) is 10.8. The molecule has 2 unspecified atom stereocenters. The van der Waals surface area contributed by atoms with Crippen LogP contribution < -0.4 is 0 Å². The number of Topliss-reactive ketones (excluding diaryl/α,β-unsaturated/α-hetero) is 1. The summed E-state index contributed by atoms with van der Waals surface area (Å²) >= 11 is 1.92. The van der Waals surface area contributed by atoms with Gasteiger partial charge < -0.3 is 0 Å². The molecule has 1 aliphatic heterocycles. The van der Waals surface area contributed by atoms with E-state index in [-0.39, 0.29) is 5.41 Å². The van der Waals surface area contributed by atoms with Gasteiger partial charge in [0.1, 0.15) is 5.78 Å². The van der Waals surface area contributed by atoms with E-state index in [0.29, 0.717) is 17.6 Å². The van der Waals surface area contributed by atoms with Gasteiger partial charge in [0.25, 0.3) is 0 Å². The van der Waals surface area contributed by atoms with Crippen molar-refractivity contribution in [3.8, 4) is 0 Å². The third-order valence-electron chi connectivity index (χ3n) is 3.37. The molecule has 1 heterocycles. The van der Waals surface area contributed by atoms with Crippen molar-refractivity contribution in [2.75, 3.05) is 11.5 Å². The number of hydrogen-bond donors (Lipinski definition) is 0. The van der Waals surface area contributed by atoms with Crippen molar-refractivity contribution in [1.29, 1.82) is 0 Å². The van der Waals surface area contributed by atoms with E-state index in [1.54, 1.807) is 0 Å². The van der Waals surface area contributed by atoms with Gasteiger partial charge in [-0.25, -0.2) is 0 Å². The monoisotopic (exact) mass is 214 g/mol. The third-order valence-corrected chi connectivity index (χ3v) is 4.53. The topological polar surface area (TPSA) is 17.1 Å². The van der Waals surface area contributed by atoms with Gasteiger partial charge in [0, 0.05) is 18.1 Å². The highest BCUT2D eigenvalue weighted by atomic mass is 32.2. The number of ketones is 1. The predicted molar refractivity (Wildman–Crippen MR) is 63.7 cm³/mol. The quantitative estimate of drug-likeness (QED) is 0.716. The summed E-state index contributed by atoms with van der Waals surface area (Å²) in [7, 11) is 0. The molecule has 0 aliphatic carbocycles. The molecule has 0 aromatic heterocycles. The Balaban J connectivity index is 2.40. The molecule has 14 heavy (non-hydrogen) atoms. The van der Waals surface area contributed by atoms with Crippen LogP contribution in [0.4, 0.5) is 0 Å². The summed E-state index contributed by atoms with van der Waals surface area (Å²) in [6, 6.07) is 0. The molecule has 1 nitrogen and oxygen atoms in total. The zero-order valence-corrected chi connectivity index (χ0v) is 10.6. The second-order valence-electron chi connectivity index (χ2n) is 5.50. The largest absolute Gasteiger partial charge is 0.299 e. The minimum atomic E-state index is 0.265. The van der Waals surface area contributed by atoms with E-state index in [2.05, 4.69) is 27.7 Å². The summed E-state index contributed by atoms with van der Waals surface area (Å²) in [5.74, 6) is 3.61. The van der Waals surface area contributed by atoms with E-state index in [4.69, 9.17) is 0 Å². The molecule has 1 saturated heterocycles. The van der Waals surface area contributed by atoms with Crippen molar-refractivity contribution in [3.05, 3.63) is 0 Å². The smallest absolute Gasteiger partial charge is 0.137 e. The zero-order valence-electron chi connectivity index (χ0n) is 9.80. The van der Waals surface area contributed by atoms with Crippen LogP contribution in [-0.4, -0.2) is 17.3 Å². The first-order chi connectivity index (χ1) is 6.41. The summed E-state index contributed by atoms with van der Waals surface area (Å²) in [6.45, 7) is 8.84. The van der Waals surface area contributed by atoms with Crippen LogP contribution in [0.15, 0.2) is 0 Å². The first kappa shape index (κ1) is 12.1. The highest BCUT2D eigenvalue weighted by Crippen LogP contribution is 2.32. The fourth-order valence-electron chi connectivity index (χ4n) is 1.56. The Morgan fingerprint density at radius 2 is 2.14 bits per heavy atom. The SMILES string of the molecule is CC(CC(=O)C1CCSC1)C(C)(C)C. The van der Waals surface area contributed by atoms with Crippen LogP contribution in [0, 0.1) is 17.3 Å². The van der Waals surface area contributed by atoms with Crippen molar-refractivity contribution in [2.24, 2.45) is 17.3 Å². The van der Waals surface area contributed by atoms with Gasteiger partial charge in [0.15, 0.2) is 0 Å². The van der Waals surface area contributed by atoms with Gasteiger partial charge in [-0.05, 0) is 23.5 Å². The molecule has 0 amide bonds. The highest BCUT2D eigenvalue weighted by Gasteiger charge is 2.28. The first-order valence-electron chi connectivity index (χ1n) is 5.51. The standard InChI is InChI=1S/C12H22OS/c1-9(12(2,3)4)7-11(13)10-5-6-14-8-10/h9-10H,5-8H2,1-4H3. The number of carbonyl (C=O) groups excluding carboxylic acids is 1.